The Balaban J connectivity index is 1.31. The van der Waals surface area contributed by atoms with Gasteiger partial charge in [0.05, 0.1) is 22.7 Å². The van der Waals surface area contributed by atoms with Crippen molar-refractivity contribution in [2.24, 2.45) is 18.4 Å². The zero-order valence-corrected chi connectivity index (χ0v) is 19.0. The number of nitrogens with one attached hydrogen (secondary N) is 2. The van der Waals surface area contributed by atoms with Gasteiger partial charge in [-0.1, -0.05) is 18.5 Å². The number of halogens is 2. The van der Waals surface area contributed by atoms with E-state index in [0.717, 1.165) is 43.9 Å². The third kappa shape index (κ3) is 4.46. The van der Waals surface area contributed by atoms with E-state index in [-0.39, 0.29) is 40.7 Å². The van der Waals surface area contributed by atoms with Crippen LogP contribution in [0.2, 0.25) is 5.02 Å². The second kappa shape index (κ2) is 8.73. The molecule has 7 nitrogen and oxygen atoms in total. The topological polar surface area (TPSA) is 85.2 Å². The fourth-order valence-electron chi connectivity index (χ4n) is 5.23. The largest absolute Gasteiger partial charge is 0.484 e. The molecule has 32 heavy (non-hydrogen) atoms. The van der Waals surface area contributed by atoms with Gasteiger partial charge in [0.2, 0.25) is 5.91 Å². The normalized spacial score (nSPS) is 26.6. The van der Waals surface area contributed by atoms with Gasteiger partial charge in [0, 0.05) is 24.8 Å². The standard InChI is InChI=1S/C23H28ClFN4O3/c1-15-12-22(27-20(30)14-32-17-3-4-18(24)19(25)11-17)6-8-23(15,9-7-22)21(31)26-13-16-5-10-29(2)28-16/h3-5,10-11,15H,6-9,12-14H2,1-2H3,(H,26,31)(H,27,30). The summed E-state index contributed by atoms with van der Waals surface area (Å²) in [5.41, 5.74) is 0.103. The maximum Gasteiger partial charge on any atom is 0.258 e. The highest BCUT2D eigenvalue weighted by atomic mass is 35.5. The molecule has 1 heterocycles. The Kier molecular flexibility index (Phi) is 6.16. The van der Waals surface area contributed by atoms with Crippen LogP contribution in [0.5, 0.6) is 5.75 Å². The van der Waals surface area contributed by atoms with E-state index in [1.54, 1.807) is 4.68 Å². The molecule has 3 fully saturated rings. The summed E-state index contributed by atoms with van der Waals surface area (Å²) in [5, 5.41) is 10.5. The first-order chi connectivity index (χ1) is 15.2. The molecule has 172 valence electrons. The number of hydrogen-bond donors (Lipinski definition) is 2. The number of hydrogen-bond acceptors (Lipinski definition) is 4. The SMILES string of the molecule is CC1CC2(NC(=O)COc3ccc(Cl)c(F)c3)CCC1(C(=O)NCc1ccn(C)n1)CC2. The predicted molar refractivity (Wildman–Crippen MR) is 118 cm³/mol. The molecule has 3 aliphatic rings. The zero-order chi connectivity index (χ0) is 22.9. The van der Waals surface area contributed by atoms with Crippen molar-refractivity contribution in [2.75, 3.05) is 6.61 Å². The lowest BCUT2D eigenvalue weighted by molar-refractivity contribution is -0.146. The molecule has 5 rings (SSSR count). The van der Waals surface area contributed by atoms with Crippen molar-refractivity contribution in [3.63, 3.8) is 0 Å². The van der Waals surface area contributed by atoms with E-state index in [9.17, 15) is 14.0 Å². The third-order valence-corrected chi connectivity index (χ3v) is 7.36. The number of aryl methyl sites for hydroxylation is 1. The summed E-state index contributed by atoms with van der Waals surface area (Å²) in [5.74, 6) is -0.372. The van der Waals surface area contributed by atoms with Crippen molar-refractivity contribution in [1.29, 1.82) is 0 Å². The molecule has 1 unspecified atom stereocenters. The third-order valence-electron chi connectivity index (χ3n) is 7.06. The fraction of sp³-hybridized carbons (Fsp3) is 0.522. The molecule has 0 spiro atoms. The van der Waals surface area contributed by atoms with Gasteiger partial charge in [0.1, 0.15) is 11.6 Å². The van der Waals surface area contributed by atoms with Gasteiger partial charge in [-0.05, 0) is 56.2 Å². The fourth-order valence-corrected chi connectivity index (χ4v) is 5.35. The number of carbonyl (C=O) groups is 2. The molecule has 0 radical (unpaired) electrons. The molecule has 9 heteroatoms. The second-order valence-electron chi connectivity index (χ2n) is 9.12. The lowest BCUT2D eigenvalue weighted by Gasteiger charge is -2.56. The summed E-state index contributed by atoms with van der Waals surface area (Å²) >= 11 is 5.67. The van der Waals surface area contributed by atoms with E-state index in [4.69, 9.17) is 16.3 Å². The van der Waals surface area contributed by atoms with Crippen LogP contribution in [-0.2, 0) is 23.2 Å². The summed E-state index contributed by atoms with van der Waals surface area (Å²) < 4.78 is 20.7. The van der Waals surface area contributed by atoms with Gasteiger partial charge in [-0.2, -0.15) is 5.10 Å². The minimum Gasteiger partial charge on any atom is -0.484 e. The van der Waals surface area contributed by atoms with E-state index in [2.05, 4.69) is 22.7 Å². The molecule has 0 saturated heterocycles. The van der Waals surface area contributed by atoms with Gasteiger partial charge in [-0.25, -0.2) is 4.39 Å². The molecule has 1 aromatic heterocycles. The second-order valence-corrected chi connectivity index (χ2v) is 9.53. The summed E-state index contributed by atoms with van der Waals surface area (Å²) in [6, 6.07) is 5.97. The number of aromatic nitrogens is 2. The Labute approximate surface area is 191 Å². The first kappa shape index (κ1) is 22.6. The maximum absolute atomic E-state index is 13.5. The number of ether oxygens (including phenoxy) is 1. The van der Waals surface area contributed by atoms with Gasteiger partial charge < -0.3 is 15.4 Å². The molecule has 3 saturated carbocycles. The van der Waals surface area contributed by atoms with E-state index in [0.29, 0.717) is 6.54 Å². The lowest BCUT2D eigenvalue weighted by atomic mass is 9.52. The summed E-state index contributed by atoms with van der Waals surface area (Å²) in [7, 11) is 1.85. The minimum absolute atomic E-state index is 0.00615. The first-order valence-corrected chi connectivity index (χ1v) is 11.2. The number of fused-ring (bicyclic) bond motifs is 3. The van der Waals surface area contributed by atoms with Gasteiger partial charge >= 0.3 is 0 Å². The summed E-state index contributed by atoms with van der Waals surface area (Å²) in [6.45, 7) is 2.30. The van der Waals surface area contributed by atoms with Crippen molar-refractivity contribution in [2.45, 2.75) is 51.1 Å². The van der Waals surface area contributed by atoms with Crippen LogP contribution in [0, 0.1) is 17.2 Å². The van der Waals surface area contributed by atoms with Gasteiger partial charge in [-0.15, -0.1) is 0 Å². The Hall–Kier alpha value is -2.61. The summed E-state index contributed by atoms with van der Waals surface area (Å²) in [6.07, 6.45) is 5.54. The minimum atomic E-state index is -0.589. The van der Waals surface area contributed by atoms with Crippen LogP contribution in [-0.4, -0.2) is 33.7 Å². The van der Waals surface area contributed by atoms with Gasteiger partial charge in [0.15, 0.2) is 6.61 Å². The van der Waals surface area contributed by atoms with Crippen molar-refractivity contribution in [1.82, 2.24) is 20.4 Å². The smallest absolute Gasteiger partial charge is 0.258 e. The van der Waals surface area contributed by atoms with Crippen LogP contribution in [0.4, 0.5) is 4.39 Å². The zero-order valence-electron chi connectivity index (χ0n) is 18.3. The number of carbonyl (C=O) groups excluding carboxylic acids is 2. The Morgan fingerprint density at radius 2 is 2.03 bits per heavy atom. The van der Waals surface area contributed by atoms with Crippen LogP contribution in [0.3, 0.4) is 0 Å². The monoisotopic (exact) mass is 462 g/mol. The molecule has 1 aromatic carbocycles. The van der Waals surface area contributed by atoms with Crippen LogP contribution in [0.15, 0.2) is 30.5 Å². The van der Waals surface area contributed by atoms with Crippen molar-refractivity contribution in [3.05, 3.63) is 47.0 Å². The molecule has 0 aliphatic heterocycles. The molecule has 3 aliphatic carbocycles. The number of benzene rings is 1. The highest BCUT2D eigenvalue weighted by Gasteiger charge is 2.56. The Morgan fingerprint density at radius 3 is 2.66 bits per heavy atom. The van der Waals surface area contributed by atoms with Crippen LogP contribution in [0.25, 0.3) is 0 Å². The van der Waals surface area contributed by atoms with Crippen molar-refractivity contribution < 1.29 is 18.7 Å². The molecule has 2 N–H and O–H groups in total. The van der Waals surface area contributed by atoms with E-state index in [1.807, 2.05) is 19.3 Å². The molecular formula is C23H28ClFN4O3. The number of rotatable bonds is 7. The first-order valence-electron chi connectivity index (χ1n) is 10.9. The molecule has 2 amide bonds. The number of nitrogens with zero attached hydrogens (tertiary/aromatic N) is 2. The predicted octanol–water partition coefficient (Wildman–Crippen LogP) is 3.36. The average Bonchev–Trinajstić information content (AvgIpc) is 3.18. The molecule has 2 aromatic rings. The highest BCUT2D eigenvalue weighted by molar-refractivity contribution is 6.30. The van der Waals surface area contributed by atoms with E-state index >= 15 is 0 Å². The quantitative estimate of drug-likeness (QED) is 0.660. The average molecular weight is 463 g/mol. The lowest BCUT2D eigenvalue weighted by Crippen LogP contribution is -2.63. The van der Waals surface area contributed by atoms with Crippen LogP contribution < -0.4 is 15.4 Å². The molecule has 1 atom stereocenters. The Bertz CT molecular complexity index is 1020. The maximum atomic E-state index is 13.5. The van der Waals surface area contributed by atoms with Gasteiger partial charge in [0.25, 0.3) is 5.91 Å². The Morgan fingerprint density at radius 1 is 1.28 bits per heavy atom. The molecule has 2 bridgehead atoms. The van der Waals surface area contributed by atoms with Crippen molar-refractivity contribution >= 4 is 23.4 Å². The van der Waals surface area contributed by atoms with E-state index in [1.165, 1.54) is 12.1 Å². The van der Waals surface area contributed by atoms with E-state index < -0.39 is 11.2 Å². The number of amides is 2. The van der Waals surface area contributed by atoms with Crippen molar-refractivity contribution in [3.8, 4) is 5.75 Å². The van der Waals surface area contributed by atoms with Crippen LogP contribution >= 0.6 is 11.6 Å². The molecular weight excluding hydrogens is 435 g/mol. The van der Waals surface area contributed by atoms with Crippen LogP contribution in [0.1, 0.15) is 44.7 Å². The summed E-state index contributed by atoms with van der Waals surface area (Å²) in [4.78, 5) is 25.7. The highest BCUT2D eigenvalue weighted by Crippen LogP contribution is 2.55. The van der Waals surface area contributed by atoms with Gasteiger partial charge in [-0.3, -0.25) is 14.3 Å².